The highest BCUT2D eigenvalue weighted by atomic mass is 32.1. The number of hydrogen-bond donors (Lipinski definition) is 1. The number of piperidine rings is 1. The minimum absolute atomic E-state index is 0.153. The maximum absolute atomic E-state index is 12.2. The molecule has 0 aromatic carbocycles. The van der Waals surface area contributed by atoms with Gasteiger partial charge in [-0.25, -0.2) is 0 Å². The first-order chi connectivity index (χ1) is 15.9. The van der Waals surface area contributed by atoms with Gasteiger partial charge in [-0.05, 0) is 51.2 Å². The van der Waals surface area contributed by atoms with E-state index in [4.69, 9.17) is 5.26 Å². The largest absolute Gasteiger partial charge is 0.348 e. The third-order valence-corrected chi connectivity index (χ3v) is 8.07. The zero-order valence-electron chi connectivity index (χ0n) is 19.5. The Morgan fingerprint density at radius 3 is 2.55 bits per heavy atom. The molecule has 0 saturated carbocycles. The molecule has 1 amide bonds. The van der Waals surface area contributed by atoms with Crippen LogP contribution in [0.5, 0.6) is 0 Å². The lowest BCUT2D eigenvalue weighted by Gasteiger charge is -2.40. The molecule has 2 aliphatic heterocycles. The summed E-state index contributed by atoms with van der Waals surface area (Å²) >= 11 is 1.41. The van der Waals surface area contributed by atoms with Crippen molar-refractivity contribution in [3.05, 3.63) is 33.5 Å². The summed E-state index contributed by atoms with van der Waals surface area (Å²) in [6.45, 7) is 7.29. The fraction of sp³-hybridized carbons (Fsp3) is 0.625. The van der Waals surface area contributed by atoms with Crippen molar-refractivity contribution in [3.8, 4) is 12.1 Å². The van der Waals surface area contributed by atoms with Crippen LogP contribution in [0, 0.1) is 29.6 Å². The van der Waals surface area contributed by atoms with E-state index in [0.29, 0.717) is 28.9 Å². The monoisotopic (exact) mass is 465 g/mol. The number of aromatic nitrogens is 3. The minimum Gasteiger partial charge on any atom is -0.348 e. The van der Waals surface area contributed by atoms with Crippen molar-refractivity contribution >= 4 is 17.2 Å². The number of amides is 1. The van der Waals surface area contributed by atoms with E-state index in [1.165, 1.54) is 24.2 Å². The number of nitrogens with zero attached hydrogens (tertiary/aromatic N) is 6. The van der Waals surface area contributed by atoms with Crippen molar-refractivity contribution in [2.75, 3.05) is 6.54 Å². The van der Waals surface area contributed by atoms with E-state index >= 15 is 0 Å². The number of fused-ring (bicyclic) bond motifs is 2. The van der Waals surface area contributed by atoms with E-state index in [2.05, 4.69) is 51.8 Å². The lowest BCUT2D eigenvalue weighted by molar-refractivity contribution is -0.120. The zero-order valence-corrected chi connectivity index (χ0v) is 20.3. The van der Waals surface area contributed by atoms with E-state index in [9.17, 15) is 10.1 Å². The van der Waals surface area contributed by atoms with E-state index in [1.54, 1.807) is 6.07 Å². The van der Waals surface area contributed by atoms with E-state index in [1.807, 2.05) is 12.1 Å². The first kappa shape index (κ1) is 23.4. The molecule has 2 aliphatic rings. The second-order valence-corrected chi connectivity index (χ2v) is 10.6. The average molecular weight is 466 g/mol. The smallest absolute Gasteiger partial charge is 0.234 e. The Bertz CT molecular complexity index is 1060. The normalized spacial score (nSPS) is 23.3. The third-order valence-electron chi connectivity index (χ3n) is 6.96. The quantitative estimate of drug-likeness (QED) is 0.631. The molecule has 2 saturated heterocycles. The van der Waals surface area contributed by atoms with Gasteiger partial charge < -0.3 is 9.88 Å². The molecule has 2 aromatic rings. The summed E-state index contributed by atoms with van der Waals surface area (Å²) in [6, 6.07) is 9.11. The van der Waals surface area contributed by atoms with Gasteiger partial charge in [0.2, 0.25) is 5.91 Å². The SMILES string of the molecule is Cc1nnc(C(C)C)n1[C@@H]1C[C@H]2CC[C@@H](C1)N2CC[C@H](NC(=O)CC#N)c1ccc(C#N)s1. The average Bonchev–Trinajstić information content (AvgIpc) is 3.47. The summed E-state index contributed by atoms with van der Waals surface area (Å²) in [5.74, 6) is 2.17. The highest BCUT2D eigenvalue weighted by molar-refractivity contribution is 7.12. The van der Waals surface area contributed by atoms with Crippen LogP contribution in [0.3, 0.4) is 0 Å². The second-order valence-electron chi connectivity index (χ2n) is 9.44. The number of nitrogens with one attached hydrogen (secondary N) is 1. The van der Waals surface area contributed by atoms with Gasteiger partial charge in [-0.1, -0.05) is 13.8 Å². The minimum atomic E-state index is -0.264. The Balaban J connectivity index is 1.45. The van der Waals surface area contributed by atoms with Gasteiger partial charge in [0, 0.05) is 35.5 Å². The second kappa shape index (κ2) is 10.0. The maximum atomic E-state index is 12.2. The van der Waals surface area contributed by atoms with E-state index in [-0.39, 0.29) is 18.4 Å². The van der Waals surface area contributed by atoms with E-state index < -0.39 is 0 Å². The lowest BCUT2D eigenvalue weighted by Crippen LogP contribution is -2.45. The molecule has 33 heavy (non-hydrogen) atoms. The van der Waals surface area contributed by atoms with Gasteiger partial charge in [-0.3, -0.25) is 9.69 Å². The fourth-order valence-electron chi connectivity index (χ4n) is 5.53. The van der Waals surface area contributed by atoms with Crippen LogP contribution in [-0.4, -0.2) is 44.2 Å². The van der Waals surface area contributed by atoms with Gasteiger partial charge in [0.15, 0.2) is 0 Å². The van der Waals surface area contributed by atoms with Crippen LogP contribution in [-0.2, 0) is 4.79 Å². The molecule has 0 spiro atoms. The Hall–Kier alpha value is -2.75. The topological polar surface area (TPSA) is 111 Å². The third kappa shape index (κ3) is 4.95. The first-order valence-corrected chi connectivity index (χ1v) is 12.6. The molecule has 0 aliphatic carbocycles. The molecule has 4 atom stereocenters. The summed E-state index contributed by atoms with van der Waals surface area (Å²) in [5.41, 5.74) is 0. The molecule has 9 heteroatoms. The molecular weight excluding hydrogens is 434 g/mol. The predicted molar refractivity (Wildman–Crippen MR) is 125 cm³/mol. The van der Waals surface area contributed by atoms with Gasteiger partial charge in [-0.2, -0.15) is 10.5 Å². The number of hydrogen-bond acceptors (Lipinski definition) is 7. The summed E-state index contributed by atoms with van der Waals surface area (Å²) in [6.07, 6.45) is 5.20. The molecule has 2 aromatic heterocycles. The fourth-order valence-corrected chi connectivity index (χ4v) is 6.42. The number of carbonyl (C=O) groups is 1. The van der Waals surface area contributed by atoms with E-state index in [0.717, 1.165) is 42.3 Å². The molecule has 1 N–H and O–H groups in total. The standard InChI is InChI=1S/C24H31N7OS/c1-15(2)24-29-28-16(3)31(24)19-12-17-4-5-18(13-19)30(17)11-9-21(27-23(32)8-10-25)22-7-6-20(14-26)33-22/h6-7,15,17-19,21H,4-5,8-9,11-13H2,1-3H3,(H,27,32)/t17-,18+,19-,21-/m0/s1. The van der Waals surface area contributed by atoms with Gasteiger partial charge in [0.1, 0.15) is 29.0 Å². The lowest BCUT2D eigenvalue weighted by atomic mass is 9.95. The first-order valence-electron chi connectivity index (χ1n) is 11.7. The number of thiophene rings is 1. The molecule has 0 radical (unpaired) electrons. The molecule has 174 valence electrons. The predicted octanol–water partition coefficient (Wildman–Crippen LogP) is 3.97. The summed E-state index contributed by atoms with van der Waals surface area (Å²) in [7, 11) is 0. The van der Waals surface area contributed by atoms with Crippen molar-refractivity contribution in [2.45, 2.75) is 89.4 Å². The van der Waals surface area contributed by atoms with Gasteiger partial charge >= 0.3 is 0 Å². The van der Waals surface area contributed by atoms with Crippen LogP contribution in [0.25, 0.3) is 0 Å². The molecule has 4 heterocycles. The number of rotatable bonds is 8. The van der Waals surface area contributed by atoms with Crippen LogP contribution < -0.4 is 5.32 Å². The Labute approximate surface area is 199 Å². The van der Waals surface area contributed by atoms with Crippen LogP contribution in [0.4, 0.5) is 0 Å². The molecule has 0 unspecified atom stereocenters. The zero-order chi connectivity index (χ0) is 23.5. The Morgan fingerprint density at radius 2 is 1.94 bits per heavy atom. The summed E-state index contributed by atoms with van der Waals surface area (Å²) < 4.78 is 2.37. The highest BCUT2D eigenvalue weighted by Gasteiger charge is 2.42. The molecule has 2 fully saturated rings. The van der Waals surface area contributed by atoms with Crippen molar-refractivity contribution < 1.29 is 4.79 Å². The Kier molecular flexibility index (Phi) is 7.11. The maximum Gasteiger partial charge on any atom is 0.234 e. The number of carbonyl (C=O) groups excluding carboxylic acids is 1. The molecule has 8 nitrogen and oxygen atoms in total. The van der Waals surface area contributed by atoms with Crippen molar-refractivity contribution in [3.63, 3.8) is 0 Å². The van der Waals surface area contributed by atoms with Crippen molar-refractivity contribution in [1.82, 2.24) is 25.0 Å². The van der Waals surface area contributed by atoms with Crippen molar-refractivity contribution in [2.24, 2.45) is 0 Å². The van der Waals surface area contributed by atoms with Crippen molar-refractivity contribution in [1.29, 1.82) is 10.5 Å². The number of aryl methyl sites for hydroxylation is 1. The Morgan fingerprint density at radius 1 is 1.21 bits per heavy atom. The summed E-state index contributed by atoms with van der Waals surface area (Å²) in [4.78, 5) is 16.4. The van der Waals surface area contributed by atoms with Crippen LogP contribution in [0.1, 0.15) is 91.8 Å². The van der Waals surface area contributed by atoms with Gasteiger partial charge in [0.05, 0.1) is 12.1 Å². The summed E-state index contributed by atoms with van der Waals surface area (Å²) in [5, 5.41) is 29.9. The van der Waals surface area contributed by atoms with Crippen LogP contribution in [0.2, 0.25) is 0 Å². The number of nitriles is 2. The van der Waals surface area contributed by atoms with Crippen LogP contribution in [0.15, 0.2) is 12.1 Å². The molecule has 4 rings (SSSR count). The molecular formula is C24H31N7OS. The van der Waals surface area contributed by atoms with Crippen LogP contribution >= 0.6 is 11.3 Å². The highest BCUT2D eigenvalue weighted by Crippen LogP contribution is 2.42. The van der Waals surface area contributed by atoms with Gasteiger partial charge in [-0.15, -0.1) is 21.5 Å². The van der Waals surface area contributed by atoms with Gasteiger partial charge in [0.25, 0.3) is 0 Å². The molecule has 2 bridgehead atoms.